The normalized spacial score (nSPS) is 18.9. The second kappa shape index (κ2) is 6.76. The number of hydrogen-bond acceptors (Lipinski definition) is 3. The van der Waals surface area contributed by atoms with E-state index in [1.165, 1.54) is 4.57 Å². The fourth-order valence-electron chi connectivity index (χ4n) is 2.54. The summed E-state index contributed by atoms with van der Waals surface area (Å²) in [6.45, 7) is 5.89. The number of hydrogen-bond donors (Lipinski definition) is 1. The first-order valence-corrected chi connectivity index (χ1v) is 7.30. The molecule has 6 nitrogen and oxygen atoms in total. The van der Waals surface area contributed by atoms with E-state index < -0.39 is 0 Å². The zero-order valence-electron chi connectivity index (χ0n) is 12.8. The zero-order chi connectivity index (χ0) is 15.4. The highest BCUT2D eigenvalue weighted by atomic mass is 16.5. The number of urea groups is 1. The molecule has 1 aromatic heterocycles. The molecule has 0 aromatic carbocycles. The smallest absolute Gasteiger partial charge is 0.322 e. The molecule has 0 saturated carbocycles. The molecule has 0 bridgehead atoms. The van der Waals surface area contributed by atoms with Crippen LogP contribution in [0.15, 0.2) is 23.1 Å². The number of ether oxygens (including phenoxy) is 1. The number of pyridine rings is 1. The van der Waals surface area contributed by atoms with Crippen LogP contribution in [0.5, 0.6) is 0 Å². The summed E-state index contributed by atoms with van der Waals surface area (Å²) in [4.78, 5) is 26.2. The number of morpholine rings is 1. The maximum atomic E-state index is 12.4. The zero-order valence-corrected chi connectivity index (χ0v) is 12.8. The molecule has 2 heterocycles. The molecule has 1 atom stereocenters. The third kappa shape index (κ3) is 3.85. The van der Waals surface area contributed by atoms with E-state index >= 15 is 0 Å². The molecule has 0 spiro atoms. The van der Waals surface area contributed by atoms with Crippen LogP contribution in [0.1, 0.15) is 20.3 Å². The summed E-state index contributed by atoms with van der Waals surface area (Å²) in [5.74, 6) is 0.483. The molecule has 1 saturated heterocycles. The van der Waals surface area contributed by atoms with Crippen molar-refractivity contribution in [3.63, 3.8) is 0 Å². The molecule has 0 unspecified atom stereocenters. The van der Waals surface area contributed by atoms with Gasteiger partial charge < -0.3 is 19.5 Å². The molecular formula is C15H23N3O3. The molecule has 0 aliphatic carbocycles. The Morgan fingerprint density at radius 3 is 3.00 bits per heavy atom. The van der Waals surface area contributed by atoms with Gasteiger partial charge >= 0.3 is 6.03 Å². The van der Waals surface area contributed by atoms with Crippen LogP contribution in [0.25, 0.3) is 0 Å². The van der Waals surface area contributed by atoms with Gasteiger partial charge in [-0.15, -0.1) is 0 Å². The molecule has 21 heavy (non-hydrogen) atoms. The van der Waals surface area contributed by atoms with Gasteiger partial charge in [-0.2, -0.15) is 0 Å². The number of amides is 2. The first kappa shape index (κ1) is 15.6. The summed E-state index contributed by atoms with van der Waals surface area (Å²) in [5, 5.41) is 2.72. The van der Waals surface area contributed by atoms with Gasteiger partial charge in [0.25, 0.3) is 5.56 Å². The molecule has 1 aliphatic heterocycles. The van der Waals surface area contributed by atoms with Crippen molar-refractivity contribution in [2.45, 2.75) is 26.3 Å². The largest absolute Gasteiger partial charge is 0.377 e. The lowest BCUT2D eigenvalue weighted by Gasteiger charge is -2.36. The number of anilines is 1. The molecule has 2 amide bonds. The van der Waals surface area contributed by atoms with Crippen molar-refractivity contribution in [2.24, 2.45) is 13.0 Å². The van der Waals surface area contributed by atoms with Gasteiger partial charge in [-0.1, -0.05) is 13.8 Å². The van der Waals surface area contributed by atoms with Crippen LogP contribution < -0.4 is 10.9 Å². The predicted molar refractivity (Wildman–Crippen MR) is 81.5 cm³/mol. The van der Waals surface area contributed by atoms with Crippen molar-refractivity contribution >= 4 is 11.7 Å². The van der Waals surface area contributed by atoms with Crippen LogP contribution in [0.4, 0.5) is 10.5 Å². The van der Waals surface area contributed by atoms with Crippen LogP contribution in [-0.4, -0.2) is 41.3 Å². The van der Waals surface area contributed by atoms with Crippen LogP contribution in [0, 0.1) is 5.92 Å². The van der Waals surface area contributed by atoms with Crippen LogP contribution in [0.3, 0.4) is 0 Å². The third-order valence-electron chi connectivity index (χ3n) is 3.60. The lowest BCUT2D eigenvalue weighted by Crippen LogP contribution is -2.51. The maximum Gasteiger partial charge on any atom is 0.322 e. The SMILES string of the molecule is CC(C)C[C@@H]1COCCN1C(=O)Nc1cccn(C)c1=O. The van der Waals surface area contributed by atoms with Crippen LogP contribution >= 0.6 is 0 Å². The molecular weight excluding hydrogens is 270 g/mol. The monoisotopic (exact) mass is 293 g/mol. The van der Waals surface area contributed by atoms with Gasteiger partial charge in [0.2, 0.25) is 0 Å². The summed E-state index contributed by atoms with van der Waals surface area (Å²) >= 11 is 0. The minimum atomic E-state index is -0.229. The Labute approximate surface area is 124 Å². The van der Waals surface area contributed by atoms with Crippen molar-refractivity contribution in [1.29, 1.82) is 0 Å². The fraction of sp³-hybridized carbons (Fsp3) is 0.600. The van der Waals surface area contributed by atoms with E-state index in [1.54, 1.807) is 30.3 Å². The fourth-order valence-corrected chi connectivity index (χ4v) is 2.54. The lowest BCUT2D eigenvalue weighted by atomic mass is 10.0. The number of carbonyl (C=O) groups excluding carboxylic acids is 1. The number of rotatable bonds is 3. The number of aryl methyl sites for hydroxylation is 1. The third-order valence-corrected chi connectivity index (χ3v) is 3.60. The first-order valence-electron chi connectivity index (χ1n) is 7.30. The molecule has 1 aromatic rings. The Kier molecular flexibility index (Phi) is 5.01. The van der Waals surface area contributed by atoms with Crippen molar-refractivity contribution in [1.82, 2.24) is 9.47 Å². The van der Waals surface area contributed by atoms with Gasteiger partial charge in [0.1, 0.15) is 5.69 Å². The summed E-state index contributed by atoms with van der Waals surface area (Å²) in [5.41, 5.74) is 0.0966. The van der Waals surface area contributed by atoms with E-state index in [0.717, 1.165) is 6.42 Å². The van der Waals surface area contributed by atoms with Crippen molar-refractivity contribution in [3.05, 3.63) is 28.7 Å². The minimum absolute atomic E-state index is 0.0614. The predicted octanol–water partition coefficient (Wildman–Crippen LogP) is 1.66. The Bertz CT molecular complexity index is 553. The molecule has 1 N–H and O–H groups in total. The molecule has 2 rings (SSSR count). The van der Waals surface area contributed by atoms with Crippen LogP contribution in [0.2, 0.25) is 0 Å². The average molecular weight is 293 g/mol. The number of nitrogens with zero attached hydrogens (tertiary/aromatic N) is 2. The first-order chi connectivity index (χ1) is 9.99. The molecule has 116 valence electrons. The topological polar surface area (TPSA) is 63.6 Å². The van der Waals surface area contributed by atoms with Gasteiger partial charge in [-0.05, 0) is 24.5 Å². The van der Waals surface area contributed by atoms with E-state index in [-0.39, 0.29) is 17.6 Å². The maximum absolute atomic E-state index is 12.4. The van der Waals surface area contributed by atoms with Gasteiger partial charge in [-0.25, -0.2) is 4.79 Å². The average Bonchev–Trinajstić information content (AvgIpc) is 2.44. The van der Waals surface area contributed by atoms with E-state index in [2.05, 4.69) is 19.2 Å². The molecule has 0 radical (unpaired) electrons. The minimum Gasteiger partial charge on any atom is -0.377 e. The Morgan fingerprint density at radius 1 is 1.52 bits per heavy atom. The molecule has 6 heteroatoms. The van der Waals surface area contributed by atoms with Crippen LogP contribution in [-0.2, 0) is 11.8 Å². The van der Waals surface area contributed by atoms with Crippen molar-refractivity contribution in [3.8, 4) is 0 Å². The molecule has 1 fully saturated rings. The summed E-state index contributed by atoms with van der Waals surface area (Å²) in [7, 11) is 1.66. The highest BCUT2D eigenvalue weighted by Crippen LogP contribution is 2.16. The lowest BCUT2D eigenvalue weighted by molar-refractivity contribution is 0.00856. The van der Waals surface area contributed by atoms with E-state index in [1.807, 2.05) is 0 Å². The number of carbonyl (C=O) groups is 1. The number of nitrogens with one attached hydrogen (secondary N) is 1. The quantitative estimate of drug-likeness (QED) is 0.922. The highest BCUT2D eigenvalue weighted by Gasteiger charge is 2.28. The Balaban J connectivity index is 2.10. The second-order valence-corrected chi connectivity index (χ2v) is 5.82. The standard InChI is InChI=1S/C15H23N3O3/c1-11(2)9-12-10-21-8-7-18(12)15(20)16-13-5-4-6-17(3)14(13)19/h4-6,11-12H,7-10H2,1-3H3,(H,16,20)/t12-/m1/s1. The van der Waals surface area contributed by atoms with Gasteiger partial charge in [0.05, 0.1) is 19.3 Å². The van der Waals surface area contributed by atoms with E-state index in [4.69, 9.17) is 4.74 Å². The summed E-state index contributed by atoms with van der Waals surface area (Å²) in [6.07, 6.45) is 2.55. The summed E-state index contributed by atoms with van der Waals surface area (Å²) < 4.78 is 6.91. The van der Waals surface area contributed by atoms with Crippen molar-refractivity contribution < 1.29 is 9.53 Å². The van der Waals surface area contributed by atoms with Gasteiger partial charge in [-0.3, -0.25) is 4.79 Å². The van der Waals surface area contributed by atoms with Crippen molar-refractivity contribution in [2.75, 3.05) is 25.1 Å². The van der Waals surface area contributed by atoms with Gasteiger partial charge in [0.15, 0.2) is 0 Å². The van der Waals surface area contributed by atoms with E-state index in [9.17, 15) is 9.59 Å². The van der Waals surface area contributed by atoms with Gasteiger partial charge in [0, 0.05) is 19.8 Å². The highest BCUT2D eigenvalue weighted by molar-refractivity contribution is 5.89. The molecule has 1 aliphatic rings. The Morgan fingerprint density at radius 2 is 2.29 bits per heavy atom. The number of aromatic nitrogens is 1. The second-order valence-electron chi connectivity index (χ2n) is 5.82. The Hall–Kier alpha value is -1.82. The van der Waals surface area contributed by atoms with E-state index in [0.29, 0.717) is 31.4 Å². The summed E-state index contributed by atoms with van der Waals surface area (Å²) in [6, 6.07) is 3.19.